The first kappa shape index (κ1) is 40.7. The Labute approximate surface area is 313 Å². The zero-order valence-electron chi connectivity index (χ0n) is 32.0. The minimum Gasteiger partial charge on any atom is -0.497 e. The number of ether oxygens (including phenoxy) is 4. The van der Waals surface area contributed by atoms with Gasteiger partial charge in [0.15, 0.2) is 0 Å². The number of rotatable bonds is 18. The molecule has 10 nitrogen and oxygen atoms in total. The summed E-state index contributed by atoms with van der Waals surface area (Å²) < 4.78 is 21.5. The summed E-state index contributed by atoms with van der Waals surface area (Å²) in [5.74, 6) is 1.45. The first-order valence-electron chi connectivity index (χ1n) is 17.9. The summed E-state index contributed by atoms with van der Waals surface area (Å²) in [4.78, 5) is 27.8. The number of carbonyl (C=O) groups is 2. The Balaban J connectivity index is 1.68. The van der Waals surface area contributed by atoms with E-state index in [1.54, 1.807) is 126 Å². The molecule has 0 spiro atoms. The SMILES string of the molecule is COc1ccc(C(O)(c2ccc(OC)cc2)[C@@H](CC(C)C)NC(=O)CC(=O)N[C@H](CC(C)C)C(O)(c2ccc(OC)cc2)c2ccc(OC)cc2)cc1. The molecule has 0 radical (unpaired) electrons. The standard InChI is InChI=1S/C43H54N2O8/c1-28(2)25-38(42(48,30-9-17-34(50-5)18-10-30)31-11-19-35(51-6)20-12-31)44-40(46)27-41(47)45-39(26-29(3)4)43(49,32-13-21-36(52-7)22-14-32)33-15-23-37(53-8)24-16-33/h9-24,28-29,38-39,48-49H,25-27H2,1-8H3,(H,44,46)(H,45,47)/t38-,39-/m1/s1. The van der Waals surface area contributed by atoms with Crippen LogP contribution in [0.5, 0.6) is 23.0 Å². The molecule has 0 bridgehead atoms. The Kier molecular flexibility index (Phi) is 13.9. The molecule has 284 valence electrons. The van der Waals surface area contributed by atoms with Crippen LogP contribution in [-0.2, 0) is 20.8 Å². The number of nitrogens with one attached hydrogen (secondary N) is 2. The summed E-state index contributed by atoms with van der Waals surface area (Å²) >= 11 is 0. The molecular formula is C43H54N2O8. The monoisotopic (exact) mass is 726 g/mol. The summed E-state index contributed by atoms with van der Waals surface area (Å²) in [6.07, 6.45) is 0.255. The topological polar surface area (TPSA) is 136 Å². The number of hydrogen-bond donors (Lipinski definition) is 4. The van der Waals surface area contributed by atoms with E-state index in [2.05, 4.69) is 10.6 Å². The summed E-state index contributed by atoms with van der Waals surface area (Å²) in [5.41, 5.74) is -1.20. The highest BCUT2D eigenvalue weighted by molar-refractivity contribution is 5.97. The van der Waals surface area contributed by atoms with E-state index in [0.29, 0.717) is 58.1 Å². The third-order valence-corrected chi connectivity index (χ3v) is 9.53. The molecule has 0 unspecified atom stereocenters. The van der Waals surface area contributed by atoms with Crippen LogP contribution < -0.4 is 29.6 Å². The summed E-state index contributed by atoms with van der Waals surface area (Å²) in [7, 11) is 6.27. The fourth-order valence-electron chi connectivity index (χ4n) is 6.77. The van der Waals surface area contributed by atoms with Gasteiger partial charge in [-0.1, -0.05) is 76.2 Å². The lowest BCUT2D eigenvalue weighted by Crippen LogP contribution is -2.54. The Morgan fingerprint density at radius 3 is 0.906 bits per heavy atom. The van der Waals surface area contributed by atoms with Gasteiger partial charge in [-0.15, -0.1) is 0 Å². The van der Waals surface area contributed by atoms with Crippen LogP contribution in [0.3, 0.4) is 0 Å². The molecule has 10 heteroatoms. The maximum Gasteiger partial charge on any atom is 0.229 e. The van der Waals surface area contributed by atoms with Crippen LogP contribution in [0.4, 0.5) is 0 Å². The lowest BCUT2D eigenvalue weighted by atomic mass is 9.76. The van der Waals surface area contributed by atoms with E-state index < -0.39 is 41.5 Å². The first-order chi connectivity index (χ1) is 25.3. The highest BCUT2D eigenvalue weighted by Gasteiger charge is 2.44. The van der Waals surface area contributed by atoms with E-state index in [-0.39, 0.29) is 11.8 Å². The van der Waals surface area contributed by atoms with Gasteiger partial charge in [0.05, 0.1) is 40.5 Å². The number of aliphatic hydroxyl groups is 2. The van der Waals surface area contributed by atoms with Crippen LogP contribution in [0, 0.1) is 11.8 Å². The minimum atomic E-state index is -1.68. The van der Waals surface area contributed by atoms with Crippen molar-refractivity contribution in [2.45, 2.75) is 70.2 Å². The van der Waals surface area contributed by atoms with Crippen LogP contribution in [-0.4, -0.2) is 62.6 Å². The van der Waals surface area contributed by atoms with Gasteiger partial charge in [0.25, 0.3) is 0 Å². The highest BCUT2D eigenvalue weighted by atomic mass is 16.5. The number of hydrogen-bond acceptors (Lipinski definition) is 8. The van der Waals surface area contributed by atoms with Gasteiger partial charge in [0, 0.05) is 0 Å². The zero-order valence-corrected chi connectivity index (χ0v) is 32.0. The van der Waals surface area contributed by atoms with E-state index in [1.165, 1.54) is 0 Å². The molecule has 4 aromatic rings. The van der Waals surface area contributed by atoms with Crippen molar-refractivity contribution in [1.82, 2.24) is 10.6 Å². The second-order valence-corrected chi connectivity index (χ2v) is 14.1. The third kappa shape index (κ3) is 9.68. The van der Waals surface area contributed by atoms with Gasteiger partial charge < -0.3 is 39.8 Å². The van der Waals surface area contributed by atoms with Crippen molar-refractivity contribution in [2.24, 2.45) is 11.8 Å². The van der Waals surface area contributed by atoms with Crippen molar-refractivity contribution in [3.63, 3.8) is 0 Å². The maximum atomic E-state index is 13.9. The van der Waals surface area contributed by atoms with Crippen LogP contribution in [0.25, 0.3) is 0 Å². The van der Waals surface area contributed by atoms with Gasteiger partial charge in [0.1, 0.15) is 40.6 Å². The van der Waals surface area contributed by atoms with Gasteiger partial charge in [-0.05, 0) is 95.5 Å². The van der Waals surface area contributed by atoms with Gasteiger partial charge in [-0.25, -0.2) is 0 Å². The lowest BCUT2D eigenvalue weighted by Gasteiger charge is -2.39. The third-order valence-electron chi connectivity index (χ3n) is 9.53. The zero-order chi connectivity index (χ0) is 38.8. The number of carbonyl (C=O) groups excluding carboxylic acids is 2. The van der Waals surface area contributed by atoms with Crippen molar-refractivity contribution in [1.29, 1.82) is 0 Å². The minimum absolute atomic E-state index is 0.0663. The summed E-state index contributed by atoms with van der Waals surface area (Å²) in [6, 6.07) is 26.6. The molecular weight excluding hydrogens is 672 g/mol. The Bertz CT molecular complexity index is 1530. The molecule has 0 saturated carbocycles. The molecule has 0 fully saturated rings. The van der Waals surface area contributed by atoms with E-state index in [0.717, 1.165) is 0 Å². The molecule has 4 aromatic carbocycles. The van der Waals surface area contributed by atoms with E-state index in [4.69, 9.17) is 18.9 Å². The molecule has 0 aliphatic rings. The van der Waals surface area contributed by atoms with E-state index >= 15 is 0 Å². The number of methoxy groups -OCH3 is 4. The van der Waals surface area contributed by atoms with Crippen molar-refractivity contribution >= 4 is 11.8 Å². The van der Waals surface area contributed by atoms with Gasteiger partial charge in [-0.3, -0.25) is 9.59 Å². The number of amides is 2. The molecule has 2 amide bonds. The summed E-state index contributed by atoms with van der Waals surface area (Å²) in [6.45, 7) is 8.02. The first-order valence-corrected chi connectivity index (χ1v) is 17.9. The molecule has 0 aliphatic carbocycles. The Morgan fingerprint density at radius 2 is 0.717 bits per heavy atom. The smallest absolute Gasteiger partial charge is 0.229 e. The highest BCUT2D eigenvalue weighted by Crippen LogP contribution is 2.39. The Hall–Kier alpha value is -5.06. The summed E-state index contributed by atoms with van der Waals surface area (Å²) in [5, 5.41) is 31.4. The normalized spacial score (nSPS) is 12.9. The average Bonchev–Trinajstić information content (AvgIpc) is 3.16. The van der Waals surface area contributed by atoms with Crippen molar-refractivity contribution in [3.8, 4) is 23.0 Å². The molecule has 0 aliphatic heterocycles. The van der Waals surface area contributed by atoms with Crippen molar-refractivity contribution < 1.29 is 38.7 Å². The second-order valence-electron chi connectivity index (χ2n) is 14.1. The fraction of sp³-hybridized carbons (Fsp3) is 0.395. The molecule has 2 atom stereocenters. The molecule has 4 N–H and O–H groups in total. The number of benzene rings is 4. The quantitative estimate of drug-likeness (QED) is 0.0873. The van der Waals surface area contributed by atoms with Gasteiger partial charge >= 0.3 is 0 Å². The van der Waals surface area contributed by atoms with Gasteiger partial charge in [0.2, 0.25) is 11.8 Å². The van der Waals surface area contributed by atoms with E-state index in [9.17, 15) is 19.8 Å². The molecule has 0 aromatic heterocycles. The van der Waals surface area contributed by atoms with E-state index in [1.807, 2.05) is 27.7 Å². The predicted molar refractivity (Wildman–Crippen MR) is 205 cm³/mol. The second kappa shape index (κ2) is 18.1. The molecule has 0 saturated heterocycles. The van der Waals surface area contributed by atoms with Crippen LogP contribution >= 0.6 is 0 Å². The molecule has 53 heavy (non-hydrogen) atoms. The largest absolute Gasteiger partial charge is 0.497 e. The average molecular weight is 727 g/mol. The van der Waals surface area contributed by atoms with Crippen molar-refractivity contribution in [2.75, 3.05) is 28.4 Å². The van der Waals surface area contributed by atoms with Gasteiger partial charge in [-0.2, -0.15) is 0 Å². The van der Waals surface area contributed by atoms with Crippen LogP contribution in [0.2, 0.25) is 0 Å². The Morgan fingerprint density at radius 1 is 0.491 bits per heavy atom. The fourth-order valence-corrected chi connectivity index (χ4v) is 6.77. The van der Waals surface area contributed by atoms with Crippen LogP contribution in [0.15, 0.2) is 97.1 Å². The lowest BCUT2D eigenvalue weighted by molar-refractivity contribution is -0.132. The molecule has 4 rings (SSSR count). The van der Waals surface area contributed by atoms with Crippen molar-refractivity contribution in [3.05, 3.63) is 119 Å². The predicted octanol–water partition coefficient (Wildman–Crippen LogP) is 6.34. The molecule has 0 heterocycles. The van der Waals surface area contributed by atoms with Crippen LogP contribution in [0.1, 0.15) is 69.2 Å². The maximum absolute atomic E-state index is 13.9.